The summed E-state index contributed by atoms with van der Waals surface area (Å²) in [5.74, 6) is 0.795. The van der Waals surface area contributed by atoms with Crippen molar-refractivity contribution in [3.05, 3.63) is 5.15 Å². The molecule has 0 unspecified atom stereocenters. The Kier molecular flexibility index (Phi) is 3.20. The van der Waals surface area contributed by atoms with Gasteiger partial charge in [-0.05, 0) is 12.8 Å². The van der Waals surface area contributed by atoms with E-state index in [4.69, 9.17) is 16.3 Å². The summed E-state index contributed by atoms with van der Waals surface area (Å²) in [6.07, 6.45) is 2.06. The molecular formula is C8H12ClN3OS. The molecule has 0 spiro atoms. The first-order chi connectivity index (χ1) is 6.79. The second-order valence-electron chi connectivity index (χ2n) is 3.33. The molecular weight excluding hydrogens is 222 g/mol. The van der Waals surface area contributed by atoms with Crippen molar-refractivity contribution in [3.8, 4) is 0 Å². The van der Waals surface area contributed by atoms with E-state index in [0.29, 0.717) is 11.2 Å². The maximum Gasteiger partial charge on any atom is 0.187 e. The van der Waals surface area contributed by atoms with Gasteiger partial charge >= 0.3 is 0 Å². The molecule has 0 aromatic carbocycles. The summed E-state index contributed by atoms with van der Waals surface area (Å²) in [5.41, 5.74) is 0. The summed E-state index contributed by atoms with van der Waals surface area (Å²) in [5, 5.41) is 0.504. The Morgan fingerprint density at radius 2 is 2.14 bits per heavy atom. The largest absolute Gasteiger partial charge is 0.381 e. The van der Waals surface area contributed by atoms with Gasteiger partial charge in [0.25, 0.3) is 0 Å². The maximum atomic E-state index is 5.92. The van der Waals surface area contributed by atoms with Gasteiger partial charge in [-0.25, -0.2) is 0 Å². The molecule has 0 N–H and O–H groups in total. The lowest BCUT2D eigenvalue weighted by molar-refractivity contribution is 0.0854. The number of aromatic nitrogens is 2. The molecule has 0 atom stereocenters. The lowest BCUT2D eigenvalue weighted by Crippen LogP contribution is -2.36. The third-order valence-corrected chi connectivity index (χ3v) is 3.38. The Morgan fingerprint density at radius 3 is 2.71 bits per heavy atom. The molecule has 0 bridgehead atoms. The summed E-state index contributed by atoms with van der Waals surface area (Å²) in [6, 6.07) is 0.477. The molecule has 78 valence electrons. The first-order valence-corrected chi connectivity index (χ1v) is 5.68. The fourth-order valence-electron chi connectivity index (χ4n) is 1.63. The van der Waals surface area contributed by atoms with E-state index in [9.17, 15) is 0 Å². The van der Waals surface area contributed by atoms with E-state index < -0.39 is 0 Å². The summed E-state index contributed by atoms with van der Waals surface area (Å²) < 4.78 is 13.4. The Labute approximate surface area is 92.2 Å². The SMILES string of the molecule is CN(c1nsnc1Cl)C1CCOCC1. The number of hydrogen-bond acceptors (Lipinski definition) is 5. The van der Waals surface area contributed by atoms with Crippen LogP contribution in [0.25, 0.3) is 0 Å². The van der Waals surface area contributed by atoms with Crippen LogP contribution in [-0.4, -0.2) is 35.1 Å². The molecule has 1 fully saturated rings. The van der Waals surface area contributed by atoms with Crippen molar-refractivity contribution in [2.75, 3.05) is 25.2 Å². The molecule has 1 saturated heterocycles. The highest BCUT2D eigenvalue weighted by Gasteiger charge is 2.22. The van der Waals surface area contributed by atoms with Crippen LogP contribution in [0.1, 0.15) is 12.8 Å². The van der Waals surface area contributed by atoms with E-state index >= 15 is 0 Å². The summed E-state index contributed by atoms with van der Waals surface area (Å²) in [4.78, 5) is 2.11. The van der Waals surface area contributed by atoms with Crippen LogP contribution in [0.3, 0.4) is 0 Å². The molecule has 4 nitrogen and oxygen atoms in total. The van der Waals surface area contributed by atoms with E-state index in [1.54, 1.807) is 0 Å². The molecule has 1 aliphatic rings. The first-order valence-electron chi connectivity index (χ1n) is 4.57. The second-order valence-corrected chi connectivity index (χ2v) is 4.22. The fraction of sp³-hybridized carbons (Fsp3) is 0.750. The van der Waals surface area contributed by atoms with Crippen LogP contribution in [-0.2, 0) is 4.74 Å². The van der Waals surface area contributed by atoms with Gasteiger partial charge in [-0.3, -0.25) is 0 Å². The van der Waals surface area contributed by atoms with Crippen molar-refractivity contribution in [2.24, 2.45) is 0 Å². The summed E-state index contributed by atoms with van der Waals surface area (Å²) >= 11 is 7.07. The number of halogens is 1. The fourth-order valence-corrected chi connectivity index (χ4v) is 2.43. The van der Waals surface area contributed by atoms with Crippen LogP contribution in [0, 0.1) is 0 Å². The maximum absolute atomic E-state index is 5.92. The lowest BCUT2D eigenvalue weighted by atomic mass is 10.1. The molecule has 2 heterocycles. The van der Waals surface area contributed by atoms with Gasteiger partial charge in [-0.2, -0.15) is 8.75 Å². The Balaban J connectivity index is 2.07. The minimum absolute atomic E-state index is 0.477. The van der Waals surface area contributed by atoms with Crippen LogP contribution in [0.2, 0.25) is 5.15 Å². The molecule has 0 radical (unpaired) electrons. The molecule has 0 saturated carbocycles. The summed E-state index contributed by atoms with van der Waals surface area (Å²) in [6.45, 7) is 1.65. The van der Waals surface area contributed by atoms with Crippen LogP contribution in [0.4, 0.5) is 5.82 Å². The molecule has 6 heteroatoms. The first kappa shape index (κ1) is 10.1. The lowest BCUT2D eigenvalue weighted by Gasteiger charge is -2.31. The van der Waals surface area contributed by atoms with Crippen LogP contribution >= 0.6 is 23.3 Å². The van der Waals surface area contributed by atoms with E-state index in [-0.39, 0.29) is 0 Å². The van der Waals surface area contributed by atoms with Crippen molar-refractivity contribution in [2.45, 2.75) is 18.9 Å². The highest BCUT2D eigenvalue weighted by atomic mass is 35.5. The smallest absolute Gasteiger partial charge is 0.187 e. The highest BCUT2D eigenvalue weighted by molar-refractivity contribution is 6.99. The number of rotatable bonds is 2. The van der Waals surface area contributed by atoms with Crippen molar-refractivity contribution in [1.29, 1.82) is 0 Å². The zero-order valence-electron chi connectivity index (χ0n) is 7.94. The number of nitrogens with zero attached hydrogens (tertiary/aromatic N) is 3. The molecule has 1 aromatic rings. The number of hydrogen-bond donors (Lipinski definition) is 0. The minimum Gasteiger partial charge on any atom is -0.381 e. The molecule has 1 aromatic heterocycles. The van der Waals surface area contributed by atoms with Gasteiger partial charge in [0.15, 0.2) is 11.0 Å². The van der Waals surface area contributed by atoms with E-state index in [0.717, 1.165) is 43.6 Å². The third-order valence-electron chi connectivity index (χ3n) is 2.51. The quantitative estimate of drug-likeness (QED) is 0.781. The zero-order valence-corrected chi connectivity index (χ0v) is 9.51. The monoisotopic (exact) mass is 233 g/mol. The molecule has 0 amide bonds. The van der Waals surface area contributed by atoms with Crippen molar-refractivity contribution in [3.63, 3.8) is 0 Å². The average Bonchev–Trinajstić information content (AvgIpc) is 2.65. The third kappa shape index (κ3) is 1.99. The zero-order chi connectivity index (χ0) is 9.97. The van der Waals surface area contributed by atoms with Crippen molar-refractivity contribution in [1.82, 2.24) is 8.75 Å². The normalized spacial score (nSPS) is 18.4. The van der Waals surface area contributed by atoms with E-state index in [1.807, 2.05) is 7.05 Å². The Morgan fingerprint density at radius 1 is 1.43 bits per heavy atom. The van der Waals surface area contributed by atoms with E-state index in [2.05, 4.69) is 13.6 Å². The van der Waals surface area contributed by atoms with Gasteiger partial charge in [0, 0.05) is 26.3 Å². The van der Waals surface area contributed by atoms with Crippen LogP contribution in [0.15, 0.2) is 0 Å². The van der Waals surface area contributed by atoms with Crippen LogP contribution < -0.4 is 4.90 Å². The predicted octanol–water partition coefficient (Wildman–Crippen LogP) is 1.81. The van der Waals surface area contributed by atoms with E-state index in [1.165, 1.54) is 0 Å². The van der Waals surface area contributed by atoms with Gasteiger partial charge in [-0.1, -0.05) is 11.6 Å². The van der Waals surface area contributed by atoms with Crippen molar-refractivity contribution < 1.29 is 4.74 Å². The van der Waals surface area contributed by atoms with Gasteiger partial charge < -0.3 is 9.64 Å². The van der Waals surface area contributed by atoms with Gasteiger partial charge in [0.2, 0.25) is 0 Å². The van der Waals surface area contributed by atoms with Crippen LogP contribution in [0.5, 0.6) is 0 Å². The number of anilines is 1. The number of ether oxygens (including phenoxy) is 1. The highest BCUT2D eigenvalue weighted by Crippen LogP contribution is 2.26. The predicted molar refractivity (Wildman–Crippen MR) is 57.2 cm³/mol. The van der Waals surface area contributed by atoms with Crippen molar-refractivity contribution >= 4 is 29.1 Å². The second kappa shape index (κ2) is 4.42. The van der Waals surface area contributed by atoms with Gasteiger partial charge in [0.05, 0.1) is 11.7 Å². The molecule has 2 rings (SSSR count). The average molecular weight is 234 g/mol. The topological polar surface area (TPSA) is 38.2 Å². The molecule has 1 aliphatic heterocycles. The van der Waals surface area contributed by atoms with Gasteiger partial charge in [-0.15, -0.1) is 0 Å². The standard InChI is InChI=1S/C8H12ClN3OS/c1-12(6-2-4-13-5-3-6)8-7(9)10-14-11-8/h6H,2-5H2,1H3. The molecule has 14 heavy (non-hydrogen) atoms. The summed E-state index contributed by atoms with van der Waals surface area (Å²) in [7, 11) is 2.01. The minimum atomic E-state index is 0.477. The van der Waals surface area contributed by atoms with Gasteiger partial charge in [0.1, 0.15) is 0 Å². The molecule has 0 aliphatic carbocycles. The Hall–Kier alpha value is -0.390. The Bertz CT molecular complexity index is 301.